The molecule has 0 N–H and O–H groups in total. The number of carbonyl (C=O) groups is 2. The summed E-state index contributed by atoms with van der Waals surface area (Å²) in [4.78, 5) is 24.5. The van der Waals surface area contributed by atoms with Crippen molar-refractivity contribution in [1.29, 1.82) is 0 Å². The summed E-state index contributed by atoms with van der Waals surface area (Å²) in [6.07, 6.45) is 9.35. The fourth-order valence-electron chi connectivity index (χ4n) is 6.60. The summed E-state index contributed by atoms with van der Waals surface area (Å²) in [6.45, 7) is 6.76. The molecule has 3 saturated carbocycles. The SMILES string of the molecule is CC1CC2(C)C(=CCC3C4CCC(=O)C4(C)CCC32)CC1=O. The average Bonchev–Trinajstić information content (AvgIpc) is 2.77. The average molecular weight is 300 g/mol. The third-order valence-corrected chi connectivity index (χ3v) is 7.98. The van der Waals surface area contributed by atoms with Crippen molar-refractivity contribution in [2.24, 2.45) is 34.5 Å². The first kappa shape index (κ1) is 14.7. The summed E-state index contributed by atoms with van der Waals surface area (Å²) < 4.78 is 0. The third kappa shape index (κ3) is 1.73. The Balaban J connectivity index is 1.71. The van der Waals surface area contributed by atoms with Crippen LogP contribution in [0.3, 0.4) is 0 Å². The van der Waals surface area contributed by atoms with Crippen LogP contribution in [0.1, 0.15) is 65.7 Å². The van der Waals surface area contributed by atoms with E-state index >= 15 is 0 Å². The molecule has 0 amide bonds. The number of rotatable bonds is 0. The molecule has 4 rings (SSSR count). The highest BCUT2D eigenvalue weighted by Crippen LogP contribution is 2.64. The number of hydrogen-bond acceptors (Lipinski definition) is 2. The molecule has 0 saturated heterocycles. The van der Waals surface area contributed by atoms with Gasteiger partial charge in [0.15, 0.2) is 0 Å². The lowest BCUT2D eigenvalue weighted by molar-refractivity contribution is -0.133. The van der Waals surface area contributed by atoms with Gasteiger partial charge in [0.05, 0.1) is 0 Å². The molecule has 4 aliphatic rings. The molecule has 0 aromatic heterocycles. The summed E-state index contributed by atoms with van der Waals surface area (Å²) in [7, 11) is 0. The molecule has 4 aliphatic carbocycles. The van der Waals surface area contributed by atoms with E-state index in [-0.39, 0.29) is 16.7 Å². The Hall–Kier alpha value is -0.920. The van der Waals surface area contributed by atoms with Gasteiger partial charge in [-0.3, -0.25) is 9.59 Å². The van der Waals surface area contributed by atoms with E-state index in [4.69, 9.17) is 0 Å². The van der Waals surface area contributed by atoms with E-state index in [1.54, 1.807) is 0 Å². The lowest BCUT2D eigenvalue weighted by Crippen LogP contribution is -2.51. The van der Waals surface area contributed by atoms with Crippen LogP contribution in [0.4, 0.5) is 0 Å². The fraction of sp³-hybridized carbons (Fsp3) is 0.800. The quantitative estimate of drug-likeness (QED) is 0.624. The zero-order valence-electron chi connectivity index (χ0n) is 14.2. The number of allylic oxidation sites excluding steroid dienone is 2. The molecule has 0 heterocycles. The second-order valence-electron chi connectivity index (χ2n) is 8.93. The van der Waals surface area contributed by atoms with Gasteiger partial charge in [0, 0.05) is 24.2 Å². The van der Waals surface area contributed by atoms with E-state index in [9.17, 15) is 9.59 Å². The predicted molar refractivity (Wildman–Crippen MR) is 86.3 cm³/mol. The molecule has 3 fully saturated rings. The first-order chi connectivity index (χ1) is 10.4. The first-order valence-corrected chi connectivity index (χ1v) is 9.12. The Morgan fingerprint density at radius 3 is 2.59 bits per heavy atom. The molecule has 120 valence electrons. The Bertz CT molecular complexity index is 574. The van der Waals surface area contributed by atoms with Gasteiger partial charge in [-0.25, -0.2) is 0 Å². The van der Waals surface area contributed by atoms with Crippen molar-refractivity contribution < 1.29 is 9.59 Å². The number of Topliss-reactive ketones (excluding diaryl/α,β-unsaturated/α-hetero) is 2. The van der Waals surface area contributed by atoms with Crippen LogP contribution in [0.15, 0.2) is 11.6 Å². The molecule has 0 bridgehead atoms. The van der Waals surface area contributed by atoms with Crippen LogP contribution >= 0.6 is 0 Å². The van der Waals surface area contributed by atoms with Crippen molar-refractivity contribution in [3.8, 4) is 0 Å². The summed E-state index contributed by atoms with van der Waals surface area (Å²) in [6, 6.07) is 0. The minimum Gasteiger partial charge on any atom is -0.299 e. The lowest BCUT2D eigenvalue weighted by atomic mass is 9.47. The van der Waals surface area contributed by atoms with Crippen LogP contribution in [-0.2, 0) is 9.59 Å². The number of ketones is 2. The second-order valence-corrected chi connectivity index (χ2v) is 8.93. The minimum atomic E-state index is -0.0427. The first-order valence-electron chi connectivity index (χ1n) is 9.12. The normalized spacial score (nSPS) is 51.0. The van der Waals surface area contributed by atoms with Crippen LogP contribution in [0.2, 0.25) is 0 Å². The molecule has 6 atom stereocenters. The van der Waals surface area contributed by atoms with Crippen molar-refractivity contribution in [2.75, 3.05) is 0 Å². The van der Waals surface area contributed by atoms with Crippen LogP contribution in [0.5, 0.6) is 0 Å². The van der Waals surface area contributed by atoms with Crippen LogP contribution in [0.25, 0.3) is 0 Å². The molecule has 0 aromatic carbocycles. The highest BCUT2D eigenvalue weighted by atomic mass is 16.1. The molecule has 0 radical (unpaired) electrons. The second kappa shape index (κ2) is 4.55. The van der Waals surface area contributed by atoms with Gasteiger partial charge >= 0.3 is 0 Å². The molecule has 0 aromatic rings. The Labute approximate surface area is 133 Å². The standard InChI is InChI=1S/C20H28O2/c1-12-11-20(3)13(10-17(12)21)4-5-14-15-6-7-18(22)19(15,2)9-8-16(14)20/h4,12,14-16H,5-11H2,1-3H3. The van der Waals surface area contributed by atoms with E-state index in [2.05, 4.69) is 26.8 Å². The highest BCUT2D eigenvalue weighted by Gasteiger charge is 2.59. The van der Waals surface area contributed by atoms with E-state index in [1.165, 1.54) is 12.0 Å². The Morgan fingerprint density at radius 2 is 1.82 bits per heavy atom. The number of carbonyl (C=O) groups excluding carboxylic acids is 2. The fourth-order valence-corrected chi connectivity index (χ4v) is 6.60. The topological polar surface area (TPSA) is 34.1 Å². The molecular weight excluding hydrogens is 272 g/mol. The highest BCUT2D eigenvalue weighted by molar-refractivity contribution is 5.87. The van der Waals surface area contributed by atoms with E-state index < -0.39 is 0 Å². The van der Waals surface area contributed by atoms with Crippen molar-refractivity contribution in [3.63, 3.8) is 0 Å². The van der Waals surface area contributed by atoms with Gasteiger partial charge < -0.3 is 0 Å². The van der Waals surface area contributed by atoms with E-state index in [0.29, 0.717) is 35.7 Å². The maximum absolute atomic E-state index is 12.4. The third-order valence-electron chi connectivity index (χ3n) is 7.98. The van der Waals surface area contributed by atoms with Crippen molar-refractivity contribution in [2.45, 2.75) is 65.7 Å². The molecule has 22 heavy (non-hydrogen) atoms. The molecule has 6 unspecified atom stereocenters. The zero-order chi connectivity index (χ0) is 15.7. The summed E-state index contributed by atoms with van der Waals surface area (Å²) in [5.74, 6) is 3.09. The van der Waals surface area contributed by atoms with Gasteiger partial charge in [0.25, 0.3) is 0 Å². The summed E-state index contributed by atoms with van der Waals surface area (Å²) in [5.41, 5.74) is 1.59. The zero-order valence-corrected chi connectivity index (χ0v) is 14.2. The Morgan fingerprint density at radius 1 is 1.09 bits per heavy atom. The molecule has 0 aliphatic heterocycles. The van der Waals surface area contributed by atoms with Crippen LogP contribution in [-0.4, -0.2) is 11.6 Å². The van der Waals surface area contributed by atoms with Gasteiger partial charge in [0.2, 0.25) is 0 Å². The predicted octanol–water partition coefficient (Wildman–Crippen LogP) is 4.33. The minimum absolute atomic E-state index is 0.0427. The van der Waals surface area contributed by atoms with Crippen molar-refractivity contribution in [1.82, 2.24) is 0 Å². The Kier molecular flexibility index (Phi) is 3.03. The largest absolute Gasteiger partial charge is 0.299 e. The van der Waals surface area contributed by atoms with Gasteiger partial charge in [-0.15, -0.1) is 0 Å². The van der Waals surface area contributed by atoms with Crippen LogP contribution < -0.4 is 0 Å². The van der Waals surface area contributed by atoms with Crippen molar-refractivity contribution in [3.05, 3.63) is 11.6 Å². The molecular formula is C20H28O2. The maximum Gasteiger partial charge on any atom is 0.139 e. The smallest absolute Gasteiger partial charge is 0.139 e. The number of fused-ring (bicyclic) bond motifs is 5. The molecule has 2 heteroatoms. The molecule has 2 nitrogen and oxygen atoms in total. The van der Waals surface area contributed by atoms with Gasteiger partial charge in [0.1, 0.15) is 11.6 Å². The van der Waals surface area contributed by atoms with Gasteiger partial charge in [-0.1, -0.05) is 32.4 Å². The van der Waals surface area contributed by atoms with Gasteiger partial charge in [-0.2, -0.15) is 0 Å². The monoisotopic (exact) mass is 300 g/mol. The summed E-state index contributed by atoms with van der Waals surface area (Å²) in [5, 5.41) is 0. The van der Waals surface area contributed by atoms with E-state index in [1.807, 2.05) is 0 Å². The van der Waals surface area contributed by atoms with Gasteiger partial charge in [-0.05, 0) is 55.3 Å². The molecule has 0 spiro atoms. The lowest BCUT2D eigenvalue weighted by Gasteiger charge is -2.56. The van der Waals surface area contributed by atoms with E-state index in [0.717, 1.165) is 32.1 Å². The maximum atomic E-state index is 12.4. The van der Waals surface area contributed by atoms with Crippen molar-refractivity contribution >= 4 is 11.6 Å². The number of hydrogen-bond donors (Lipinski definition) is 0. The summed E-state index contributed by atoms with van der Waals surface area (Å²) >= 11 is 0. The van der Waals surface area contributed by atoms with Crippen LogP contribution in [0, 0.1) is 34.5 Å².